The standard InChI is InChI=1S/C11H19Cl2NO2/c1-11(2,3)16-10(15)14-5-4-9(13)8(6-12)7-14/h8-9H,4-7H2,1-3H3. The van der Waals surface area contributed by atoms with Crippen LogP contribution in [0.1, 0.15) is 27.2 Å². The quantitative estimate of drug-likeness (QED) is 0.684. The van der Waals surface area contributed by atoms with Gasteiger partial charge < -0.3 is 9.64 Å². The minimum atomic E-state index is -0.453. The molecule has 0 aliphatic carbocycles. The van der Waals surface area contributed by atoms with Gasteiger partial charge in [0.1, 0.15) is 5.60 Å². The van der Waals surface area contributed by atoms with Gasteiger partial charge in [0.15, 0.2) is 0 Å². The highest BCUT2D eigenvalue weighted by molar-refractivity contribution is 6.22. The molecule has 0 saturated carbocycles. The number of ether oxygens (including phenoxy) is 1. The van der Waals surface area contributed by atoms with Crippen LogP contribution < -0.4 is 0 Å². The molecule has 0 aromatic heterocycles. The lowest BCUT2D eigenvalue weighted by atomic mass is 10.00. The SMILES string of the molecule is CC(C)(C)OC(=O)N1CCC(Cl)C(CCl)C1. The average molecular weight is 268 g/mol. The molecular weight excluding hydrogens is 249 g/mol. The monoisotopic (exact) mass is 267 g/mol. The zero-order valence-corrected chi connectivity index (χ0v) is 11.5. The first-order valence-corrected chi connectivity index (χ1v) is 6.48. The van der Waals surface area contributed by atoms with Crippen molar-refractivity contribution in [3.8, 4) is 0 Å². The van der Waals surface area contributed by atoms with Gasteiger partial charge in [0, 0.05) is 30.3 Å². The maximum atomic E-state index is 11.8. The molecule has 0 spiro atoms. The van der Waals surface area contributed by atoms with Crippen molar-refractivity contribution in [3.05, 3.63) is 0 Å². The molecular formula is C11H19Cl2NO2. The maximum absolute atomic E-state index is 11.8. The van der Waals surface area contributed by atoms with Gasteiger partial charge in [0.05, 0.1) is 0 Å². The third-order valence-corrected chi connectivity index (χ3v) is 3.46. The molecule has 0 N–H and O–H groups in total. The summed E-state index contributed by atoms with van der Waals surface area (Å²) in [6, 6.07) is 0. The van der Waals surface area contributed by atoms with Gasteiger partial charge in [-0.1, -0.05) is 0 Å². The van der Waals surface area contributed by atoms with E-state index in [1.54, 1.807) is 4.90 Å². The number of piperidine rings is 1. The predicted molar refractivity (Wildman–Crippen MR) is 66.3 cm³/mol. The number of rotatable bonds is 1. The number of halogens is 2. The summed E-state index contributed by atoms with van der Waals surface area (Å²) >= 11 is 11.9. The molecule has 1 amide bonds. The highest BCUT2D eigenvalue weighted by Gasteiger charge is 2.31. The lowest BCUT2D eigenvalue weighted by Crippen LogP contribution is -2.46. The lowest BCUT2D eigenvalue weighted by molar-refractivity contribution is 0.0180. The number of nitrogens with zero attached hydrogens (tertiary/aromatic N) is 1. The molecule has 16 heavy (non-hydrogen) atoms. The van der Waals surface area contributed by atoms with Crippen molar-refractivity contribution in [1.29, 1.82) is 0 Å². The average Bonchev–Trinajstić information content (AvgIpc) is 2.15. The first kappa shape index (κ1) is 13.9. The van der Waals surface area contributed by atoms with Crippen molar-refractivity contribution in [3.63, 3.8) is 0 Å². The van der Waals surface area contributed by atoms with Crippen LogP contribution in [-0.4, -0.2) is 40.9 Å². The van der Waals surface area contributed by atoms with E-state index in [1.165, 1.54) is 0 Å². The van der Waals surface area contributed by atoms with E-state index in [1.807, 2.05) is 20.8 Å². The fourth-order valence-corrected chi connectivity index (χ4v) is 2.31. The minimum absolute atomic E-state index is 0.0659. The normalized spacial score (nSPS) is 26.7. The van der Waals surface area contributed by atoms with Crippen LogP contribution in [0.3, 0.4) is 0 Å². The van der Waals surface area contributed by atoms with Gasteiger partial charge in [0.25, 0.3) is 0 Å². The number of amides is 1. The molecule has 1 rings (SSSR count). The molecule has 1 aliphatic rings. The van der Waals surface area contributed by atoms with Crippen LogP contribution in [0.4, 0.5) is 4.79 Å². The van der Waals surface area contributed by atoms with Crippen LogP contribution in [0.2, 0.25) is 0 Å². The van der Waals surface area contributed by atoms with E-state index in [0.29, 0.717) is 19.0 Å². The Balaban J connectivity index is 2.52. The molecule has 1 heterocycles. The zero-order valence-electron chi connectivity index (χ0n) is 10.0. The van der Waals surface area contributed by atoms with E-state index in [0.717, 1.165) is 6.42 Å². The molecule has 2 atom stereocenters. The van der Waals surface area contributed by atoms with Gasteiger partial charge in [0.2, 0.25) is 0 Å². The summed E-state index contributed by atoms with van der Waals surface area (Å²) in [4.78, 5) is 13.5. The van der Waals surface area contributed by atoms with E-state index in [9.17, 15) is 4.79 Å². The third-order valence-electron chi connectivity index (χ3n) is 2.49. The molecule has 0 aromatic carbocycles. The molecule has 1 fully saturated rings. The van der Waals surface area contributed by atoms with Crippen LogP contribution >= 0.6 is 23.2 Å². The first-order chi connectivity index (χ1) is 7.33. The van der Waals surface area contributed by atoms with Gasteiger partial charge in [-0.15, -0.1) is 23.2 Å². The Hall–Kier alpha value is -0.150. The van der Waals surface area contributed by atoms with Gasteiger partial charge in [-0.05, 0) is 27.2 Å². The summed E-state index contributed by atoms with van der Waals surface area (Å²) < 4.78 is 5.31. The second-order valence-electron chi connectivity index (χ2n) is 5.15. The summed E-state index contributed by atoms with van der Waals surface area (Å²) in [6.45, 7) is 6.82. The molecule has 5 heteroatoms. The van der Waals surface area contributed by atoms with E-state index in [-0.39, 0.29) is 17.4 Å². The van der Waals surface area contributed by atoms with Crippen LogP contribution in [0.25, 0.3) is 0 Å². The fourth-order valence-electron chi connectivity index (χ4n) is 1.64. The van der Waals surface area contributed by atoms with Crippen molar-refractivity contribution in [2.75, 3.05) is 19.0 Å². The number of hydrogen-bond acceptors (Lipinski definition) is 2. The minimum Gasteiger partial charge on any atom is -0.444 e. The van der Waals surface area contributed by atoms with Crippen LogP contribution in [-0.2, 0) is 4.74 Å². The Morgan fingerprint density at radius 2 is 2.12 bits per heavy atom. The predicted octanol–water partition coefficient (Wildman–Crippen LogP) is 3.09. The van der Waals surface area contributed by atoms with Crippen LogP contribution in [0, 0.1) is 5.92 Å². The van der Waals surface area contributed by atoms with Crippen molar-refractivity contribution < 1.29 is 9.53 Å². The summed E-state index contributed by atoms with van der Waals surface area (Å²) in [6.07, 6.45) is 0.504. The Kier molecular flexibility index (Phi) is 4.74. The summed E-state index contributed by atoms with van der Waals surface area (Å²) in [7, 11) is 0. The van der Waals surface area contributed by atoms with Crippen molar-refractivity contribution in [2.45, 2.75) is 38.2 Å². The number of likely N-dealkylation sites (tertiary alicyclic amines) is 1. The van der Waals surface area contributed by atoms with Crippen LogP contribution in [0.5, 0.6) is 0 Å². The summed E-state index contributed by atoms with van der Waals surface area (Å²) in [5.74, 6) is 0.637. The number of carbonyl (C=O) groups is 1. The van der Waals surface area contributed by atoms with Crippen molar-refractivity contribution in [2.24, 2.45) is 5.92 Å². The highest BCUT2D eigenvalue weighted by Crippen LogP contribution is 2.24. The summed E-state index contributed by atoms with van der Waals surface area (Å²) in [5, 5.41) is 0.0659. The van der Waals surface area contributed by atoms with Gasteiger partial charge in [-0.3, -0.25) is 0 Å². The van der Waals surface area contributed by atoms with E-state index in [2.05, 4.69) is 0 Å². The Morgan fingerprint density at radius 3 is 2.62 bits per heavy atom. The summed E-state index contributed by atoms with van der Waals surface area (Å²) in [5.41, 5.74) is -0.453. The molecule has 0 bridgehead atoms. The molecule has 2 unspecified atom stereocenters. The molecule has 1 saturated heterocycles. The van der Waals surface area contributed by atoms with E-state index >= 15 is 0 Å². The van der Waals surface area contributed by atoms with Crippen molar-refractivity contribution in [1.82, 2.24) is 4.90 Å². The Labute approximate surface area is 107 Å². The van der Waals surface area contributed by atoms with Gasteiger partial charge in [-0.2, -0.15) is 0 Å². The van der Waals surface area contributed by atoms with Gasteiger partial charge >= 0.3 is 6.09 Å². The highest BCUT2D eigenvalue weighted by atomic mass is 35.5. The van der Waals surface area contributed by atoms with Gasteiger partial charge in [-0.25, -0.2) is 4.79 Å². The second kappa shape index (κ2) is 5.46. The molecule has 3 nitrogen and oxygen atoms in total. The topological polar surface area (TPSA) is 29.5 Å². The Morgan fingerprint density at radius 1 is 1.50 bits per heavy atom. The molecule has 0 aromatic rings. The molecule has 1 aliphatic heterocycles. The van der Waals surface area contributed by atoms with E-state index < -0.39 is 5.60 Å². The second-order valence-corrected chi connectivity index (χ2v) is 6.01. The smallest absolute Gasteiger partial charge is 0.410 e. The zero-order chi connectivity index (χ0) is 12.3. The maximum Gasteiger partial charge on any atom is 0.410 e. The molecule has 94 valence electrons. The molecule has 0 radical (unpaired) electrons. The van der Waals surface area contributed by atoms with E-state index in [4.69, 9.17) is 27.9 Å². The Bertz CT molecular complexity index is 253. The fraction of sp³-hybridized carbons (Fsp3) is 0.909. The number of hydrogen-bond donors (Lipinski definition) is 0. The van der Waals surface area contributed by atoms with Crippen molar-refractivity contribution >= 4 is 29.3 Å². The third kappa shape index (κ3) is 4.02. The largest absolute Gasteiger partial charge is 0.444 e. The van der Waals surface area contributed by atoms with Crippen LogP contribution in [0.15, 0.2) is 0 Å². The number of alkyl halides is 2. The number of carbonyl (C=O) groups excluding carboxylic acids is 1. The lowest BCUT2D eigenvalue weighted by Gasteiger charge is -2.35. The first-order valence-electron chi connectivity index (χ1n) is 5.51.